The molecule has 0 spiro atoms. The maximum absolute atomic E-state index is 14.7. The van der Waals surface area contributed by atoms with Gasteiger partial charge in [-0.15, -0.1) is 0 Å². The molecule has 7 heteroatoms. The minimum Gasteiger partial charge on any atom is -0.490 e. The Morgan fingerprint density at radius 2 is 1.67 bits per heavy atom. The monoisotopic (exact) mass is 451 g/mol. The van der Waals surface area contributed by atoms with Crippen molar-refractivity contribution in [2.24, 2.45) is 0 Å². The molecule has 2 heterocycles. The molecule has 2 aliphatic heterocycles. The minimum absolute atomic E-state index is 0.117. The maximum atomic E-state index is 14.7. The molecule has 0 radical (unpaired) electrons. The SMILES string of the molecule is OC1OC1c1cc(C2CC2)c(CN2CCC(Oc3cc(Cl)cc(Cl)c3)CC2)cc1F. The summed E-state index contributed by atoms with van der Waals surface area (Å²) in [5, 5.41) is 10.7. The highest BCUT2D eigenvalue weighted by Crippen LogP contribution is 2.46. The van der Waals surface area contributed by atoms with Crippen LogP contribution in [0.15, 0.2) is 30.3 Å². The van der Waals surface area contributed by atoms with Crippen LogP contribution < -0.4 is 4.74 Å². The first-order valence-electron chi connectivity index (χ1n) is 10.5. The van der Waals surface area contributed by atoms with Crippen LogP contribution in [0.1, 0.15) is 54.4 Å². The molecule has 1 N–H and O–H groups in total. The minimum atomic E-state index is -0.870. The fraction of sp³-hybridized carbons (Fsp3) is 0.478. The number of aliphatic hydroxyl groups excluding tert-OH is 1. The molecule has 160 valence electrons. The van der Waals surface area contributed by atoms with Crippen molar-refractivity contribution in [2.45, 2.75) is 56.6 Å². The number of aliphatic hydroxyl groups is 1. The van der Waals surface area contributed by atoms with Crippen LogP contribution in [0.4, 0.5) is 4.39 Å². The number of nitrogens with zero attached hydrogens (tertiary/aromatic N) is 1. The molecule has 5 rings (SSSR count). The van der Waals surface area contributed by atoms with E-state index in [-0.39, 0.29) is 11.9 Å². The Morgan fingerprint density at radius 3 is 2.27 bits per heavy atom. The van der Waals surface area contributed by atoms with Gasteiger partial charge in [0, 0.05) is 35.2 Å². The normalized spacial score (nSPS) is 24.8. The summed E-state index contributed by atoms with van der Waals surface area (Å²) in [6.45, 7) is 2.50. The van der Waals surface area contributed by atoms with Gasteiger partial charge in [0.1, 0.15) is 23.8 Å². The molecular weight excluding hydrogens is 428 g/mol. The van der Waals surface area contributed by atoms with Gasteiger partial charge in [-0.3, -0.25) is 4.90 Å². The molecule has 2 aromatic carbocycles. The van der Waals surface area contributed by atoms with E-state index in [1.165, 1.54) is 5.56 Å². The maximum Gasteiger partial charge on any atom is 0.186 e. The van der Waals surface area contributed by atoms with Crippen molar-refractivity contribution in [2.75, 3.05) is 13.1 Å². The predicted molar refractivity (Wildman–Crippen MR) is 114 cm³/mol. The number of hydrogen-bond acceptors (Lipinski definition) is 4. The van der Waals surface area contributed by atoms with Gasteiger partial charge < -0.3 is 14.6 Å². The van der Waals surface area contributed by atoms with E-state index < -0.39 is 12.4 Å². The fourth-order valence-electron chi connectivity index (χ4n) is 4.33. The van der Waals surface area contributed by atoms with Crippen LogP contribution in [0.5, 0.6) is 5.75 Å². The number of halogens is 3. The Morgan fingerprint density at radius 1 is 1.00 bits per heavy atom. The van der Waals surface area contributed by atoms with Gasteiger partial charge in [0.05, 0.1) is 0 Å². The van der Waals surface area contributed by atoms with Gasteiger partial charge in [-0.25, -0.2) is 4.39 Å². The molecule has 1 saturated carbocycles. The van der Waals surface area contributed by atoms with Crippen LogP contribution in [-0.4, -0.2) is 35.5 Å². The molecule has 3 fully saturated rings. The topological polar surface area (TPSA) is 45.2 Å². The third-order valence-electron chi connectivity index (χ3n) is 6.12. The standard InChI is InChI=1S/C23H24Cl2FNO3/c24-15-8-16(25)10-18(9-15)29-17-3-5-27(6-4-17)12-14-7-21(26)20(22-23(28)30-22)11-19(14)13-1-2-13/h7-11,13,17,22-23,28H,1-6,12H2. The zero-order valence-corrected chi connectivity index (χ0v) is 18.0. The van der Waals surface area contributed by atoms with Crippen LogP contribution in [0.2, 0.25) is 10.0 Å². The largest absolute Gasteiger partial charge is 0.490 e. The molecule has 0 bridgehead atoms. The summed E-state index contributed by atoms with van der Waals surface area (Å²) in [6, 6.07) is 8.82. The van der Waals surface area contributed by atoms with E-state index in [2.05, 4.69) is 4.90 Å². The number of benzene rings is 2. The number of ether oxygens (including phenoxy) is 2. The molecule has 2 unspecified atom stereocenters. The summed E-state index contributed by atoms with van der Waals surface area (Å²) < 4.78 is 25.8. The second kappa shape index (κ2) is 8.29. The van der Waals surface area contributed by atoms with Crippen molar-refractivity contribution in [1.29, 1.82) is 0 Å². The van der Waals surface area contributed by atoms with Crippen molar-refractivity contribution in [3.05, 3.63) is 62.9 Å². The van der Waals surface area contributed by atoms with Gasteiger partial charge in [0.25, 0.3) is 0 Å². The molecule has 0 aromatic heterocycles. The first kappa shape index (κ1) is 20.5. The first-order valence-corrected chi connectivity index (χ1v) is 11.2. The Bertz CT molecular complexity index is 924. The summed E-state index contributed by atoms with van der Waals surface area (Å²) in [6.07, 6.45) is 2.81. The van der Waals surface area contributed by atoms with Gasteiger partial charge in [0.2, 0.25) is 0 Å². The smallest absolute Gasteiger partial charge is 0.186 e. The summed E-state index contributed by atoms with van der Waals surface area (Å²) in [5.74, 6) is 0.916. The highest BCUT2D eigenvalue weighted by Gasteiger charge is 2.41. The lowest BCUT2D eigenvalue weighted by Crippen LogP contribution is -2.38. The summed E-state index contributed by atoms with van der Waals surface area (Å²) in [5.41, 5.74) is 2.75. The first-order chi connectivity index (χ1) is 14.5. The lowest BCUT2D eigenvalue weighted by atomic mass is 9.96. The van der Waals surface area contributed by atoms with Gasteiger partial charge in [-0.2, -0.15) is 0 Å². The quantitative estimate of drug-likeness (QED) is 0.593. The van der Waals surface area contributed by atoms with Gasteiger partial charge in [0.15, 0.2) is 6.29 Å². The molecule has 2 atom stereocenters. The molecule has 3 aliphatic rings. The molecule has 0 amide bonds. The average Bonchev–Trinajstić information content (AvgIpc) is 3.60. The fourth-order valence-corrected chi connectivity index (χ4v) is 4.83. The van der Waals surface area contributed by atoms with E-state index in [0.717, 1.165) is 50.9 Å². The number of hydrogen-bond donors (Lipinski definition) is 1. The van der Waals surface area contributed by atoms with Crippen molar-refractivity contribution < 1.29 is 19.0 Å². The molecule has 4 nitrogen and oxygen atoms in total. The molecular formula is C23H24Cl2FNO3. The van der Waals surface area contributed by atoms with E-state index >= 15 is 0 Å². The molecule has 2 aromatic rings. The molecule has 2 saturated heterocycles. The average molecular weight is 452 g/mol. The summed E-state index contributed by atoms with van der Waals surface area (Å²) in [7, 11) is 0. The summed E-state index contributed by atoms with van der Waals surface area (Å²) >= 11 is 12.1. The Labute approximate surface area is 185 Å². The van der Waals surface area contributed by atoms with Gasteiger partial charge >= 0.3 is 0 Å². The lowest BCUT2D eigenvalue weighted by Gasteiger charge is -2.32. The van der Waals surface area contributed by atoms with E-state index in [1.54, 1.807) is 24.3 Å². The van der Waals surface area contributed by atoms with Gasteiger partial charge in [-0.1, -0.05) is 23.2 Å². The Hall–Kier alpha value is -1.37. The van der Waals surface area contributed by atoms with Crippen molar-refractivity contribution in [1.82, 2.24) is 4.90 Å². The second-order valence-electron chi connectivity index (χ2n) is 8.49. The van der Waals surface area contributed by atoms with Crippen LogP contribution in [-0.2, 0) is 11.3 Å². The van der Waals surface area contributed by atoms with Crippen molar-refractivity contribution in [3.63, 3.8) is 0 Å². The van der Waals surface area contributed by atoms with Crippen LogP contribution >= 0.6 is 23.2 Å². The number of likely N-dealkylation sites (tertiary alicyclic amines) is 1. The molecule has 1 aliphatic carbocycles. The Balaban J connectivity index is 1.23. The van der Waals surface area contributed by atoms with Crippen molar-refractivity contribution in [3.8, 4) is 5.75 Å². The highest BCUT2D eigenvalue weighted by molar-refractivity contribution is 6.34. The van der Waals surface area contributed by atoms with E-state index in [4.69, 9.17) is 32.7 Å². The van der Waals surface area contributed by atoms with E-state index in [9.17, 15) is 9.50 Å². The van der Waals surface area contributed by atoms with Gasteiger partial charge in [-0.05, 0) is 73.1 Å². The molecule has 30 heavy (non-hydrogen) atoms. The zero-order chi connectivity index (χ0) is 20.8. The zero-order valence-electron chi connectivity index (χ0n) is 16.5. The summed E-state index contributed by atoms with van der Waals surface area (Å²) in [4.78, 5) is 2.35. The Kier molecular flexibility index (Phi) is 5.67. The number of epoxide rings is 1. The van der Waals surface area contributed by atoms with Crippen LogP contribution in [0, 0.1) is 5.82 Å². The predicted octanol–water partition coefficient (Wildman–Crippen LogP) is 5.44. The number of rotatable bonds is 6. The second-order valence-corrected chi connectivity index (χ2v) is 9.37. The number of piperidine rings is 1. The van der Waals surface area contributed by atoms with E-state index in [0.29, 0.717) is 27.3 Å². The third kappa shape index (κ3) is 4.61. The van der Waals surface area contributed by atoms with Crippen LogP contribution in [0.25, 0.3) is 0 Å². The third-order valence-corrected chi connectivity index (χ3v) is 6.55. The van der Waals surface area contributed by atoms with E-state index in [1.807, 2.05) is 6.07 Å². The highest BCUT2D eigenvalue weighted by atomic mass is 35.5. The lowest BCUT2D eigenvalue weighted by molar-refractivity contribution is 0.0966. The van der Waals surface area contributed by atoms with Crippen molar-refractivity contribution >= 4 is 23.2 Å². The van der Waals surface area contributed by atoms with Crippen LogP contribution in [0.3, 0.4) is 0 Å².